The highest BCUT2D eigenvalue weighted by molar-refractivity contribution is 7.99. The number of nitrogens with one attached hydrogen (secondary N) is 2. The minimum absolute atomic E-state index is 0. The molecule has 12 nitrogen and oxygen atoms in total. The van der Waals surface area contributed by atoms with Crippen LogP contribution in [-0.4, -0.2) is 75.9 Å². The first kappa shape index (κ1) is 33.1. The molecule has 3 aromatic heterocycles. The van der Waals surface area contributed by atoms with Crippen molar-refractivity contribution in [1.82, 2.24) is 30.2 Å². The second-order valence-electron chi connectivity index (χ2n) is 11.8. The van der Waals surface area contributed by atoms with Crippen LogP contribution in [0.25, 0.3) is 0 Å². The molecule has 0 unspecified atom stereocenters. The van der Waals surface area contributed by atoms with Gasteiger partial charge in [-0.25, -0.2) is 19.9 Å². The Labute approximate surface area is 278 Å². The van der Waals surface area contributed by atoms with Crippen LogP contribution in [0, 0.1) is 17.3 Å². The number of hydrogen-bond donors (Lipinski definition) is 3. The molecule has 3 fully saturated rings. The number of pyridine rings is 1. The lowest BCUT2D eigenvalue weighted by molar-refractivity contribution is -0.125. The van der Waals surface area contributed by atoms with E-state index in [4.69, 9.17) is 17.3 Å². The molecule has 3 aliphatic rings. The fourth-order valence-electron chi connectivity index (χ4n) is 6.52. The molecule has 1 spiro atoms. The van der Waals surface area contributed by atoms with E-state index in [0.29, 0.717) is 47.1 Å². The van der Waals surface area contributed by atoms with Crippen molar-refractivity contribution in [3.8, 4) is 0 Å². The molecule has 2 atom stereocenters. The Morgan fingerprint density at radius 1 is 1.04 bits per heavy atom. The van der Waals surface area contributed by atoms with Crippen molar-refractivity contribution in [2.45, 2.75) is 55.0 Å². The number of halogens is 2. The lowest BCUT2D eigenvalue weighted by atomic mass is 9.73. The van der Waals surface area contributed by atoms with Gasteiger partial charge in [-0.05, 0) is 43.2 Å². The first-order valence-corrected chi connectivity index (χ1v) is 16.2. The fourth-order valence-corrected chi connectivity index (χ4v) is 7.54. The van der Waals surface area contributed by atoms with E-state index in [1.54, 1.807) is 37.9 Å². The van der Waals surface area contributed by atoms with Gasteiger partial charge in [-0.1, -0.05) is 30.3 Å². The molecule has 0 aromatic carbocycles. The number of piperidine rings is 2. The van der Waals surface area contributed by atoms with Gasteiger partial charge in [0.1, 0.15) is 22.4 Å². The summed E-state index contributed by atoms with van der Waals surface area (Å²) < 4.78 is 0. The maximum atomic E-state index is 12.3. The van der Waals surface area contributed by atoms with Crippen LogP contribution in [0.5, 0.6) is 0 Å². The van der Waals surface area contributed by atoms with Crippen LogP contribution in [0.15, 0.2) is 46.8 Å². The molecule has 4 N–H and O–H groups in total. The number of hydrogen-bond acceptors (Lipinski definition) is 12. The Kier molecular flexibility index (Phi) is 10.3. The van der Waals surface area contributed by atoms with Crippen molar-refractivity contribution in [1.29, 1.82) is 0 Å². The number of anilines is 4. The Morgan fingerprint density at radius 3 is 2.42 bits per heavy atom. The lowest BCUT2D eigenvalue weighted by Gasteiger charge is -2.42. The highest BCUT2D eigenvalue weighted by Crippen LogP contribution is 2.46. The summed E-state index contributed by atoms with van der Waals surface area (Å²) in [4.78, 5) is 52.2. The van der Waals surface area contributed by atoms with Gasteiger partial charge in [-0.3, -0.25) is 9.59 Å². The SMILES string of the molecule is CNC(=O)C1CCN(c2nccc(Nc3nccc(Sc4cnc(N5CCC6(CC5)CC(=O)[C@@H](C)[C@@H]6N)cn4)c3Cl)n2)CC1.Cl. The summed E-state index contributed by atoms with van der Waals surface area (Å²) in [6.07, 6.45) is 10.8. The average Bonchev–Trinajstić information content (AvgIpc) is 3.26. The summed E-state index contributed by atoms with van der Waals surface area (Å²) in [5.41, 5.74) is 6.38. The number of carbonyl (C=O) groups excluding carboxylic acids is 2. The summed E-state index contributed by atoms with van der Waals surface area (Å²) in [7, 11) is 1.67. The van der Waals surface area contributed by atoms with Gasteiger partial charge in [0.15, 0.2) is 5.82 Å². The van der Waals surface area contributed by atoms with Crippen molar-refractivity contribution in [2.75, 3.05) is 48.3 Å². The number of carbonyl (C=O) groups is 2. The summed E-state index contributed by atoms with van der Waals surface area (Å²) in [6, 6.07) is 3.54. The minimum atomic E-state index is -0.0849. The standard InChI is InChI=1S/C30H37ClN10O2S.ClH/c1-18-20(42)15-30(26(18)32)7-13-40(14-8-30)23-16-37-24(17-36-23)44-21-3-9-34-27(25(21)31)38-22-4-10-35-29(39-22)41-11-5-19(6-12-41)28(43)33-2;/h3-4,9-10,16-19,26H,5-8,11-15,32H2,1-2H3,(H,33,43)(H,34,35,38,39);1H/t18-,26+;/m1./s1. The van der Waals surface area contributed by atoms with E-state index in [-0.39, 0.29) is 47.4 Å². The largest absolute Gasteiger partial charge is 0.359 e. The van der Waals surface area contributed by atoms with Crippen molar-refractivity contribution < 1.29 is 9.59 Å². The molecule has 2 saturated heterocycles. The molecule has 0 radical (unpaired) electrons. The average molecular weight is 674 g/mol. The predicted molar refractivity (Wildman–Crippen MR) is 178 cm³/mol. The third-order valence-corrected chi connectivity index (χ3v) is 10.8. The number of aromatic nitrogens is 5. The third kappa shape index (κ3) is 6.96. The van der Waals surface area contributed by atoms with Crippen LogP contribution < -0.4 is 26.2 Å². The van der Waals surface area contributed by atoms with Gasteiger partial charge in [0, 0.05) is 74.8 Å². The molecule has 6 rings (SSSR count). The van der Waals surface area contributed by atoms with Gasteiger partial charge >= 0.3 is 0 Å². The van der Waals surface area contributed by atoms with Gasteiger partial charge in [-0.2, -0.15) is 4.98 Å². The second kappa shape index (κ2) is 14.0. The normalized spacial score (nSPS) is 21.5. The number of amides is 1. The molecule has 1 saturated carbocycles. The van der Waals surface area contributed by atoms with Crippen molar-refractivity contribution in [3.05, 3.63) is 41.9 Å². The molecule has 5 heterocycles. The maximum absolute atomic E-state index is 12.3. The van der Waals surface area contributed by atoms with Crippen molar-refractivity contribution >= 4 is 70.9 Å². The maximum Gasteiger partial charge on any atom is 0.227 e. The highest BCUT2D eigenvalue weighted by Gasteiger charge is 2.50. The molecular weight excluding hydrogens is 635 g/mol. The fraction of sp³-hybridized carbons (Fsp3) is 0.500. The Morgan fingerprint density at radius 2 is 1.78 bits per heavy atom. The number of Topliss-reactive ketones (excluding diaryl/α,β-unsaturated/α-hetero) is 1. The van der Waals surface area contributed by atoms with E-state index in [1.807, 2.05) is 13.0 Å². The molecule has 2 aliphatic heterocycles. The van der Waals surface area contributed by atoms with Crippen LogP contribution in [0.1, 0.15) is 39.0 Å². The third-order valence-electron chi connectivity index (χ3n) is 9.33. The highest BCUT2D eigenvalue weighted by atomic mass is 35.5. The zero-order valence-corrected chi connectivity index (χ0v) is 27.7. The Hall–Kier alpha value is -3.26. The van der Waals surface area contributed by atoms with Gasteiger partial charge in [0.05, 0.1) is 17.4 Å². The second-order valence-corrected chi connectivity index (χ2v) is 13.3. The number of nitrogens with two attached hydrogens (primary N) is 1. The van der Waals surface area contributed by atoms with Crippen LogP contribution >= 0.6 is 35.8 Å². The van der Waals surface area contributed by atoms with Gasteiger partial charge in [-0.15, -0.1) is 12.4 Å². The zero-order valence-electron chi connectivity index (χ0n) is 25.3. The minimum Gasteiger partial charge on any atom is -0.359 e. The Bertz CT molecular complexity index is 1510. The quantitative estimate of drug-likeness (QED) is 0.331. The lowest BCUT2D eigenvalue weighted by Crippen LogP contribution is -2.48. The topological polar surface area (TPSA) is 155 Å². The summed E-state index contributed by atoms with van der Waals surface area (Å²) in [6.45, 7) is 4.98. The zero-order chi connectivity index (χ0) is 30.8. The van der Waals surface area contributed by atoms with E-state index in [0.717, 1.165) is 49.5 Å². The first-order valence-electron chi connectivity index (χ1n) is 15.0. The van der Waals surface area contributed by atoms with Crippen molar-refractivity contribution in [2.24, 2.45) is 23.0 Å². The van der Waals surface area contributed by atoms with Crippen LogP contribution in [0.4, 0.5) is 23.4 Å². The molecule has 15 heteroatoms. The monoisotopic (exact) mass is 672 g/mol. The molecule has 0 bridgehead atoms. The predicted octanol–water partition coefficient (Wildman–Crippen LogP) is 4.12. The van der Waals surface area contributed by atoms with Gasteiger partial charge < -0.3 is 26.2 Å². The number of rotatable bonds is 7. The van der Waals surface area contributed by atoms with E-state index in [2.05, 4.69) is 45.4 Å². The van der Waals surface area contributed by atoms with Gasteiger partial charge in [0.2, 0.25) is 11.9 Å². The Balaban J connectivity index is 0.00000400. The van der Waals surface area contributed by atoms with E-state index in [9.17, 15) is 9.59 Å². The first-order chi connectivity index (χ1) is 21.3. The number of nitrogens with zero attached hydrogens (tertiary/aromatic N) is 7. The van der Waals surface area contributed by atoms with E-state index in [1.165, 1.54) is 11.8 Å². The van der Waals surface area contributed by atoms with Crippen LogP contribution in [-0.2, 0) is 9.59 Å². The number of ketones is 1. The molecule has 240 valence electrons. The molecule has 45 heavy (non-hydrogen) atoms. The summed E-state index contributed by atoms with van der Waals surface area (Å²) >= 11 is 8.18. The smallest absolute Gasteiger partial charge is 0.227 e. The van der Waals surface area contributed by atoms with Crippen molar-refractivity contribution in [3.63, 3.8) is 0 Å². The molecule has 3 aromatic rings. The summed E-state index contributed by atoms with van der Waals surface area (Å²) in [5.74, 6) is 2.80. The van der Waals surface area contributed by atoms with E-state index < -0.39 is 0 Å². The van der Waals surface area contributed by atoms with Crippen LogP contribution in [0.2, 0.25) is 5.02 Å². The van der Waals surface area contributed by atoms with Gasteiger partial charge in [0.25, 0.3) is 0 Å². The molecular formula is C30H38Cl2N10O2S. The molecule has 1 amide bonds. The van der Waals surface area contributed by atoms with E-state index >= 15 is 0 Å². The molecule has 1 aliphatic carbocycles. The van der Waals surface area contributed by atoms with Crippen LogP contribution in [0.3, 0.4) is 0 Å². The summed E-state index contributed by atoms with van der Waals surface area (Å²) in [5, 5.41) is 7.12.